The molecular formula is C36H47FN4O4S. The van der Waals surface area contributed by atoms with Gasteiger partial charge in [-0.1, -0.05) is 75.4 Å². The Kier molecular flexibility index (Phi) is 9.55. The number of amides is 1. The van der Waals surface area contributed by atoms with Crippen LogP contribution in [0.2, 0.25) is 0 Å². The van der Waals surface area contributed by atoms with Crippen LogP contribution in [0.25, 0.3) is 11.1 Å². The van der Waals surface area contributed by atoms with Gasteiger partial charge in [0.15, 0.2) is 5.82 Å². The predicted molar refractivity (Wildman–Crippen MR) is 179 cm³/mol. The normalized spacial score (nSPS) is 23.7. The molecule has 2 unspecified atom stereocenters. The molecule has 2 aromatic carbocycles. The minimum Gasteiger partial charge on any atom is -0.339 e. The number of rotatable bonds is 13. The standard InChI is InChI=1S/C36H47FN4O4S/c1-24(2)34-38-33(45-39-34)14-8-12-28(25-9-5-4-6-10-25)23-41(35(42)32-22-36(37)20-29(32)21-36)31-13-7-11-27(19-31)26-15-17-30(18-16-26)40-46(3,43)44/h7,11,13,15-19,24-25,28-29,32,40H,4-6,8-10,12,14,20-23H2,1-3H3. The molecule has 3 aromatic rings. The van der Waals surface area contributed by atoms with Gasteiger partial charge in [0, 0.05) is 36.2 Å². The van der Waals surface area contributed by atoms with E-state index in [-0.39, 0.29) is 23.7 Å². The van der Waals surface area contributed by atoms with Crippen molar-refractivity contribution < 1.29 is 22.1 Å². The summed E-state index contributed by atoms with van der Waals surface area (Å²) in [5.41, 5.74) is 2.00. The summed E-state index contributed by atoms with van der Waals surface area (Å²) < 4.78 is 46.5. The van der Waals surface area contributed by atoms with E-state index < -0.39 is 15.7 Å². The van der Waals surface area contributed by atoms with Crippen LogP contribution in [0.3, 0.4) is 0 Å². The third kappa shape index (κ3) is 7.64. The van der Waals surface area contributed by atoms with E-state index in [0.29, 0.717) is 55.6 Å². The van der Waals surface area contributed by atoms with Crippen LogP contribution < -0.4 is 9.62 Å². The van der Waals surface area contributed by atoms with Crippen LogP contribution in [0.4, 0.5) is 15.8 Å². The van der Waals surface area contributed by atoms with Gasteiger partial charge < -0.3 is 9.42 Å². The molecule has 46 heavy (non-hydrogen) atoms. The molecule has 4 aliphatic carbocycles. The molecule has 0 aliphatic heterocycles. The van der Waals surface area contributed by atoms with E-state index in [2.05, 4.69) is 28.7 Å². The number of aryl methyl sites for hydroxylation is 1. The average molecular weight is 651 g/mol. The maximum absolute atomic E-state index is 15.1. The van der Waals surface area contributed by atoms with Crippen LogP contribution in [0.5, 0.6) is 0 Å². The summed E-state index contributed by atoms with van der Waals surface area (Å²) >= 11 is 0. The number of halogens is 1. The lowest BCUT2D eigenvalue weighted by molar-refractivity contribution is -0.123. The first-order chi connectivity index (χ1) is 22.0. The summed E-state index contributed by atoms with van der Waals surface area (Å²) in [5.74, 6) is 2.34. The summed E-state index contributed by atoms with van der Waals surface area (Å²) in [7, 11) is -3.37. The maximum Gasteiger partial charge on any atom is 0.230 e. The van der Waals surface area contributed by atoms with Crippen LogP contribution in [0.15, 0.2) is 53.1 Å². The molecule has 1 N–H and O–H groups in total. The smallest absolute Gasteiger partial charge is 0.230 e. The van der Waals surface area contributed by atoms with Gasteiger partial charge in [-0.25, -0.2) is 12.8 Å². The molecule has 4 saturated carbocycles. The summed E-state index contributed by atoms with van der Waals surface area (Å²) in [6, 6.07) is 15.3. The third-order valence-electron chi connectivity index (χ3n) is 10.4. The number of alkyl halides is 1. The number of benzene rings is 2. The van der Waals surface area contributed by atoms with Crippen LogP contribution >= 0.6 is 0 Å². The first kappa shape index (κ1) is 32.7. The number of carbonyl (C=O) groups is 1. The molecule has 1 heterocycles. The number of sulfonamides is 1. The fourth-order valence-electron chi connectivity index (χ4n) is 7.94. The molecule has 0 spiro atoms. The zero-order valence-electron chi connectivity index (χ0n) is 27.3. The van der Waals surface area contributed by atoms with Gasteiger partial charge >= 0.3 is 0 Å². The van der Waals surface area contributed by atoms with Gasteiger partial charge in [0.25, 0.3) is 0 Å². The molecule has 2 atom stereocenters. The van der Waals surface area contributed by atoms with Crippen molar-refractivity contribution >= 4 is 27.3 Å². The first-order valence-corrected chi connectivity index (χ1v) is 18.9. The predicted octanol–water partition coefficient (Wildman–Crippen LogP) is 7.92. The molecule has 4 aliphatic rings. The highest BCUT2D eigenvalue weighted by atomic mass is 32.2. The highest BCUT2D eigenvalue weighted by Crippen LogP contribution is 2.58. The van der Waals surface area contributed by atoms with Gasteiger partial charge in [-0.3, -0.25) is 9.52 Å². The quantitative estimate of drug-likeness (QED) is 0.202. The van der Waals surface area contributed by atoms with Crippen molar-refractivity contribution in [1.82, 2.24) is 10.1 Å². The monoisotopic (exact) mass is 650 g/mol. The molecule has 4 fully saturated rings. The van der Waals surface area contributed by atoms with Gasteiger partial charge in [0.05, 0.1) is 6.26 Å². The van der Waals surface area contributed by atoms with Gasteiger partial charge in [0.2, 0.25) is 21.8 Å². The fourth-order valence-corrected chi connectivity index (χ4v) is 8.50. The second-order valence-electron chi connectivity index (χ2n) is 14.3. The maximum atomic E-state index is 15.1. The molecule has 7 rings (SSSR count). The minimum absolute atomic E-state index is 0.0474. The van der Waals surface area contributed by atoms with E-state index in [4.69, 9.17) is 4.52 Å². The number of aromatic nitrogens is 2. The van der Waals surface area contributed by atoms with Crippen molar-refractivity contribution in [3.05, 3.63) is 60.2 Å². The number of nitrogens with zero attached hydrogens (tertiary/aromatic N) is 3. The van der Waals surface area contributed by atoms with E-state index in [0.717, 1.165) is 54.6 Å². The van der Waals surface area contributed by atoms with Crippen LogP contribution in [-0.4, -0.2) is 42.9 Å². The SMILES string of the molecule is CC(C)c1noc(CCCC(CN(C(=O)C2CC3(F)CC2C3)c2cccc(-c3ccc(NS(C)(=O)=O)cc3)c2)C2CCCCC2)n1. The molecule has 1 aromatic heterocycles. The number of fused-ring (bicyclic) bond motifs is 1. The van der Waals surface area contributed by atoms with Crippen LogP contribution in [0.1, 0.15) is 95.7 Å². The Balaban J connectivity index is 1.26. The number of hydrogen-bond donors (Lipinski definition) is 1. The average Bonchev–Trinajstić information content (AvgIpc) is 3.72. The Bertz CT molecular complexity index is 1610. The van der Waals surface area contributed by atoms with Crippen molar-refractivity contribution in [3.63, 3.8) is 0 Å². The van der Waals surface area contributed by atoms with Crippen molar-refractivity contribution in [3.8, 4) is 11.1 Å². The Labute approximate surface area is 272 Å². The summed E-state index contributed by atoms with van der Waals surface area (Å²) in [6.45, 7) is 4.71. The molecule has 2 bridgehead atoms. The third-order valence-corrected chi connectivity index (χ3v) is 11.0. The Morgan fingerprint density at radius 2 is 1.80 bits per heavy atom. The Hall–Kier alpha value is -3.27. The zero-order chi connectivity index (χ0) is 32.5. The second kappa shape index (κ2) is 13.5. The highest BCUT2D eigenvalue weighted by molar-refractivity contribution is 7.92. The van der Waals surface area contributed by atoms with Crippen LogP contribution in [0, 0.1) is 23.7 Å². The Morgan fingerprint density at radius 3 is 2.43 bits per heavy atom. The van der Waals surface area contributed by atoms with E-state index in [1.807, 2.05) is 41.3 Å². The topological polar surface area (TPSA) is 105 Å². The van der Waals surface area contributed by atoms with Gasteiger partial charge in [-0.15, -0.1) is 0 Å². The zero-order valence-corrected chi connectivity index (χ0v) is 28.1. The number of carbonyl (C=O) groups excluding carboxylic acids is 1. The van der Waals surface area contributed by atoms with Crippen LogP contribution in [-0.2, 0) is 21.2 Å². The highest BCUT2D eigenvalue weighted by Gasteiger charge is 2.59. The van der Waals surface area contributed by atoms with Crippen molar-refractivity contribution in [2.24, 2.45) is 23.7 Å². The molecular weight excluding hydrogens is 603 g/mol. The molecule has 8 nitrogen and oxygen atoms in total. The Morgan fingerprint density at radius 1 is 1.07 bits per heavy atom. The van der Waals surface area contributed by atoms with E-state index >= 15 is 4.39 Å². The van der Waals surface area contributed by atoms with Gasteiger partial charge in [-0.05, 0) is 85.3 Å². The summed E-state index contributed by atoms with van der Waals surface area (Å²) in [5, 5.41) is 4.13. The largest absolute Gasteiger partial charge is 0.339 e. The van der Waals surface area contributed by atoms with Crippen molar-refractivity contribution in [2.75, 3.05) is 22.4 Å². The molecule has 1 amide bonds. The van der Waals surface area contributed by atoms with E-state index in [9.17, 15) is 13.2 Å². The van der Waals surface area contributed by atoms with E-state index in [1.54, 1.807) is 12.1 Å². The lowest BCUT2D eigenvalue weighted by Gasteiger charge is -2.36. The van der Waals surface area contributed by atoms with Crippen molar-refractivity contribution in [2.45, 2.75) is 96.1 Å². The molecule has 10 heteroatoms. The lowest BCUT2D eigenvalue weighted by atomic mass is 9.77. The fraction of sp³-hybridized carbons (Fsp3) is 0.583. The first-order valence-electron chi connectivity index (χ1n) is 17.0. The molecule has 0 saturated heterocycles. The molecule has 0 radical (unpaired) electrons. The minimum atomic E-state index is -3.37. The summed E-state index contributed by atoms with van der Waals surface area (Å²) in [4.78, 5) is 20.9. The second-order valence-corrected chi connectivity index (χ2v) is 16.1. The lowest BCUT2D eigenvalue weighted by Crippen LogP contribution is -2.42. The number of anilines is 2. The van der Waals surface area contributed by atoms with Crippen molar-refractivity contribution in [1.29, 1.82) is 0 Å². The van der Waals surface area contributed by atoms with Gasteiger partial charge in [0.1, 0.15) is 5.67 Å². The number of hydrogen-bond acceptors (Lipinski definition) is 6. The number of nitrogens with one attached hydrogen (secondary N) is 1. The van der Waals surface area contributed by atoms with E-state index in [1.165, 1.54) is 19.3 Å². The molecule has 248 valence electrons. The van der Waals surface area contributed by atoms with Gasteiger partial charge in [-0.2, -0.15) is 4.98 Å². The summed E-state index contributed by atoms with van der Waals surface area (Å²) in [6.07, 6.45) is 11.0.